The number of thioether (sulfide) groups is 1. The summed E-state index contributed by atoms with van der Waals surface area (Å²) in [6, 6.07) is 12.3. The van der Waals surface area contributed by atoms with Crippen molar-refractivity contribution < 1.29 is 4.39 Å². The minimum atomic E-state index is -0.448. The lowest BCUT2D eigenvalue weighted by Crippen LogP contribution is -2.29. The zero-order valence-corrected chi connectivity index (χ0v) is 16.0. The van der Waals surface area contributed by atoms with Gasteiger partial charge in [0.05, 0.1) is 5.02 Å². The molecular weight excluding hydrogens is 386 g/mol. The molecule has 128 valence electrons. The predicted octanol–water partition coefficient (Wildman–Crippen LogP) is 5.74. The van der Waals surface area contributed by atoms with E-state index in [1.807, 2.05) is 36.0 Å². The molecule has 2 N–H and O–H groups in total. The van der Waals surface area contributed by atoms with E-state index in [-0.39, 0.29) is 5.02 Å². The third-order valence-electron chi connectivity index (χ3n) is 3.14. The molecule has 0 aliphatic heterocycles. The van der Waals surface area contributed by atoms with E-state index < -0.39 is 5.82 Å². The van der Waals surface area contributed by atoms with Gasteiger partial charge in [0, 0.05) is 23.0 Å². The van der Waals surface area contributed by atoms with Crippen LogP contribution in [0.15, 0.2) is 42.5 Å². The largest absolute Gasteiger partial charge is 0.362 e. The van der Waals surface area contributed by atoms with Gasteiger partial charge in [-0.3, -0.25) is 0 Å². The fraction of sp³-hybridized carbons (Fsp3) is 0.235. The van der Waals surface area contributed by atoms with E-state index in [9.17, 15) is 4.39 Å². The highest BCUT2D eigenvalue weighted by Gasteiger charge is 2.03. The van der Waals surface area contributed by atoms with Crippen LogP contribution in [0.3, 0.4) is 0 Å². The minimum Gasteiger partial charge on any atom is -0.362 e. The molecule has 7 heteroatoms. The molecule has 0 heterocycles. The number of nitrogens with one attached hydrogen (secondary N) is 2. The lowest BCUT2D eigenvalue weighted by molar-refractivity contribution is 0.628. The summed E-state index contributed by atoms with van der Waals surface area (Å²) in [4.78, 5) is 0. The first-order valence-corrected chi connectivity index (χ1v) is 9.69. The van der Waals surface area contributed by atoms with Gasteiger partial charge in [-0.25, -0.2) is 4.39 Å². The molecular formula is C17H17Cl2FN2S2. The van der Waals surface area contributed by atoms with Crippen LogP contribution < -0.4 is 10.6 Å². The second kappa shape index (κ2) is 10.1. The number of anilines is 1. The first-order valence-electron chi connectivity index (χ1n) is 7.37. The van der Waals surface area contributed by atoms with Crippen molar-refractivity contribution in [1.82, 2.24) is 5.32 Å². The van der Waals surface area contributed by atoms with E-state index in [0.29, 0.717) is 10.8 Å². The Morgan fingerprint density at radius 1 is 1.12 bits per heavy atom. The van der Waals surface area contributed by atoms with Crippen LogP contribution in [0.4, 0.5) is 10.1 Å². The molecule has 0 radical (unpaired) electrons. The van der Waals surface area contributed by atoms with Crippen molar-refractivity contribution in [3.63, 3.8) is 0 Å². The van der Waals surface area contributed by atoms with Crippen LogP contribution in [0.2, 0.25) is 10.0 Å². The maximum Gasteiger partial charge on any atom is 0.170 e. The van der Waals surface area contributed by atoms with Gasteiger partial charge in [0.1, 0.15) is 5.82 Å². The third-order valence-corrected chi connectivity index (χ3v) is 5.14. The molecule has 0 amide bonds. The van der Waals surface area contributed by atoms with Gasteiger partial charge in [-0.15, -0.1) is 0 Å². The average Bonchev–Trinajstić information content (AvgIpc) is 2.56. The van der Waals surface area contributed by atoms with Crippen LogP contribution >= 0.6 is 47.2 Å². The highest BCUT2D eigenvalue weighted by molar-refractivity contribution is 7.98. The molecule has 2 nitrogen and oxygen atoms in total. The van der Waals surface area contributed by atoms with Gasteiger partial charge in [0.25, 0.3) is 0 Å². The minimum absolute atomic E-state index is 0.0683. The molecule has 0 saturated carbocycles. The Labute approximate surface area is 161 Å². The summed E-state index contributed by atoms with van der Waals surface area (Å²) in [6.07, 6.45) is 0.973. The summed E-state index contributed by atoms with van der Waals surface area (Å²) in [7, 11) is 0. The molecule has 0 aliphatic carbocycles. The quantitative estimate of drug-likeness (QED) is 0.455. The Hall–Kier alpha value is -1.01. The van der Waals surface area contributed by atoms with Crippen molar-refractivity contribution in [3.05, 3.63) is 63.9 Å². The molecule has 0 aromatic heterocycles. The van der Waals surface area contributed by atoms with Gasteiger partial charge in [0.15, 0.2) is 5.11 Å². The van der Waals surface area contributed by atoms with E-state index in [4.69, 9.17) is 35.4 Å². The van der Waals surface area contributed by atoms with E-state index in [1.54, 1.807) is 6.07 Å². The maximum atomic E-state index is 13.1. The Bertz CT molecular complexity index is 698. The summed E-state index contributed by atoms with van der Waals surface area (Å²) < 4.78 is 13.1. The summed E-state index contributed by atoms with van der Waals surface area (Å²) in [5, 5.41) is 7.47. The number of halogens is 3. The van der Waals surface area contributed by atoms with Gasteiger partial charge >= 0.3 is 0 Å². The van der Waals surface area contributed by atoms with Gasteiger partial charge in [0.2, 0.25) is 0 Å². The SMILES string of the molecule is Fc1ccc(NC(=S)NCCCSCc2ccccc2Cl)cc1Cl. The Balaban J connectivity index is 1.61. The van der Waals surface area contributed by atoms with Crippen molar-refractivity contribution in [2.75, 3.05) is 17.6 Å². The second-order valence-electron chi connectivity index (χ2n) is 5.01. The molecule has 0 saturated heterocycles. The summed E-state index contributed by atoms with van der Waals surface area (Å²) in [6.45, 7) is 0.760. The van der Waals surface area contributed by atoms with Gasteiger partial charge in [-0.05, 0) is 54.2 Å². The summed E-state index contributed by atoms with van der Waals surface area (Å²) >= 11 is 18.9. The molecule has 0 atom stereocenters. The van der Waals surface area contributed by atoms with E-state index in [0.717, 1.165) is 35.1 Å². The highest BCUT2D eigenvalue weighted by atomic mass is 35.5. The molecule has 24 heavy (non-hydrogen) atoms. The van der Waals surface area contributed by atoms with Crippen LogP contribution in [0, 0.1) is 5.82 Å². The maximum absolute atomic E-state index is 13.1. The molecule has 2 aromatic rings. The van der Waals surface area contributed by atoms with E-state index >= 15 is 0 Å². The van der Waals surface area contributed by atoms with Crippen molar-refractivity contribution >= 4 is 58.0 Å². The smallest absolute Gasteiger partial charge is 0.170 e. The monoisotopic (exact) mass is 402 g/mol. The van der Waals surface area contributed by atoms with Gasteiger partial charge in [-0.1, -0.05) is 41.4 Å². The van der Waals surface area contributed by atoms with Gasteiger partial charge < -0.3 is 10.6 Å². The predicted molar refractivity (Wildman–Crippen MR) is 108 cm³/mol. The van der Waals surface area contributed by atoms with Crippen molar-refractivity contribution in [1.29, 1.82) is 0 Å². The standard InChI is InChI=1S/C17H17Cl2FN2S2/c18-14-5-2-1-4-12(14)11-24-9-3-8-21-17(23)22-13-6-7-16(20)15(19)10-13/h1-2,4-7,10H,3,8-9,11H2,(H2,21,22,23). The number of hydrogen-bond acceptors (Lipinski definition) is 2. The van der Waals surface area contributed by atoms with Crippen LogP contribution in [0.25, 0.3) is 0 Å². The molecule has 2 rings (SSSR count). The molecule has 0 fully saturated rings. The lowest BCUT2D eigenvalue weighted by atomic mass is 10.2. The Morgan fingerprint density at radius 2 is 1.92 bits per heavy atom. The Morgan fingerprint density at radius 3 is 2.67 bits per heavy atom. The molecule has 0 spiro atoms. The number of hydrogen-bond donors (Lipinski definition) is 2. The first kappa shape index (κ1) is 19.3. The van der Waals surface area contributed by atoms with Crippen LogP contribution in [-0.2, 0) is 5.75 Å². The number of benzene rings is 2. The van der Waals surface area contributed by atoms with Crippen molar-refractivity contribution in [2.24, 2.45) is 0 Å². The molecule has 0 aliphatic rings. The van der Waals surface area contributed by atoms with E-state index in [1.165, 1.54) is 12.1 Å². The Kier molecular flexibility index (Phi) is 8.12. The number of thiocarbonyl (C=S) groups is 1. The zero-order valence-electron chi connectivity index (χ0n) is 12.8. The highest BCUT2D eigenvalue weighted by Crippen LogP contribution is 2.21. The number of rotatable bonds is 7. The lowest BCUT2D eigenvalue weighted by Gasteiger charge is -2.11. The summed E-state index contributed by atoms with van der Waals surface area (Å²) in [5.74, 6) is 1.45. The van der Waals surface area contributed by atoms with Crippen molar-refractivity contribution in [2.45, 2.75) is 12.2 Å². The molecule has 2 aromatic carbocycles. The van der Waals surface area contributed by atoms with Crippen LogP contribution in [0.5, 0.6) is 0 Å². The third kappa shape index (κ3) is 6.48. The average molecular weight is 403 g/mol. The second-order valence-corrected chi connectivity index (χ2v) is 7.34. The fourth-order valence-electron chi connectivity index (χ4n) is 1.92. The fourth-order valence-corrected chi connectivity index (χ4v) is 3.57. The van der Waals surface area contributed by atoms with Crippen molar-refractivity contribution in [3.8, 4) is 0 Å². The normalized spacial score (nSPS) is 10.5. The first-order chi connectivity index (χ1) is 11.6. The van der Waals surface area contributed by atoms with Crippen LogP contribution in [0.1, 0.15) is 12.0 Å². The molecule has 0 bridgehead atoms. The summed E-state index contributed by atoms with van der Waals surface area (Å²) in [5.41, 5.74) is 1.81. The van der Waals surface area contributed by atoms with Crippen LogP contribution in [-0.4, -0.2) is 17.4 Å². The zero-order chi connectivity index (χ0) is 17.4. The van der Waals surface area contributed by atoms with E-state index in [2.05, 4.69) is 10.6 Å². The topological polar surface area (TPSA) is 24.1 Å². The van der Waals surface area contributed by atoms with Gasteiger partial charge in [-0.2, -0.15) is 11.8 Å². The molecule has 0 unspecified atom stereocenters.